The van der Waals surface area contributed by atoms with E-state index in [1.807, 2.05) is 0 Å². The van der Waals surface area contributed by atoms with E-state index in [9.17, 15) is 0 Å². The summed E-state index contributed by atoms with van der Waals surface area (Å²) < 4.78 is 0. The van der Waals surface area contributed by atoms with Crippen LogP contribution in [0.4, 0.5) is 0 Å². The number of hydrogen-bond donors (Lipinski definition) is 0. The first-order valence-corrected chi connectivity index (χ1v) is 8.15. The first-order chi connectivity index (χ1) is 9.34. The van der Waals surface area contributed by atoms with Crippen LogP contribution in [-0.4, -0.2) is 0 Å². The average molecular weight is 268 g/mol. The van der Waals surface area contributed by atoms with E-state index in [2.05, 4.69) is 65.0 Å². The van der Waals surface area contributed by atoms with Crippen LogP contribution in [0, 0.1) is 22.7 Å². The Bertz CT molecular complexity index is 536. The second-order valence-electron chi connectivity index (χ2n) is 8.01. The van der Waals surface area contributed by atoms with Gasteiger partial charge in [0.2, 0.25) is 0 Å². The molecule has 0 fully saturated rings. The second kappa shape index (κ2) is 4.48. The summed E-state index contributed by atoms with van der Waals surface area (Å²) in [5.74, 6) is 1.23. The lowest BCUT2D eigenvalue weighted by Crippen LogP contribution is -2.35. The molecule has 3 aliphatic rings. The molecule has 20 heavy (non-hydrogen) atoms. The van der Waals surface area contributed by atoms with E-state index in [4.69, 9.17) is 0 Å². The maximum absolute atomic E-state index is 2.53. The lowest BCUT2D eigenvalue weighted by Gasteiger charge is -2.45. The molecular formula is C20H28. The summed E-state index contributed by atoms with van der Waals surface area (Å²) in [6, 6.07) is 0. The van der Waals surface area contributed by atoms with Crippen LogP contribution < -0.4 is 0 Å². The molecule has 0 aromatic rings. The van der Waals surface area contributed by atoms with E-state index in [0.29, 0.717) is 22.7 Å². The van der Waals surface area contributed by atoms with Gasteiger partial charge in [0.15, 0.2) is 0 Å². The van der Waals surface area contributed by atoms with Crippen molar-refractivity contribution in [2.45, 2.75) is 53.9 Å². The van der Waals surface area contributed by atoms with Crippen LogP contribution in [0.1, 0.15) is 53.9 Å². The van der Waals surface area contributed by atoms with Crippen molar-refractivity contribution in [1.29, 1.82) is 0 Å². The van der Waals surface area contributed by atoms with Crippen molar-refractivity contribution in [3.8, 4) is 0 Å². The Hall–Kier alpha value is -1.04. The van der Waals surface area contributed by atoms with E-state index < -0.39 is 0 Å². The van der Waals surface area contributed by atoms with Gasteiger partial charge in [-0.15, -0.1) is 0 Å². The molecule has 0 aromatic carbocycles. The zero-order chi connectivity index (χ0) is 14.5. The average Bonchev–Trinajstić information content (AvgIpc) is 3.03. The van der Waals surface area contributed by atoms with Gasteiger partial charge in [-0.05, 0) is 41.7 Å². The Balaban J connectivity index is 2.00. The summed E-state index contributed by atoms with van der Waals surface area (Å²) in [5.41, 5.74) is 5.57. The van der Waals surface area contributed by atoms with Gasteiger partial charge < -0.3 is 0 Å². The quantitative estimate of drug-likeness (QED) is 0.590. The summed E-state index contributed by atoms with van der Waals surface area (Å²) in [7, 11) is 0. The Labute approximate surface area is 124 Å². The molecule has 0 bridgehead atoms. The summed E-state index contributed by atoms with van der Waals surface area (Å²) in [5, 5.41) is 0. The smallest absolute Gasteiger partial charge is 0.00500 e. The summed E-state index contributed by atoms with van der Waals surface area (Å²) in [6.45, 7) is 11.9. The third-order valence-corrected chi connectivity index (χ3v) is 5.90. The van der Waals surface area contributed by atoms with E-state index in [1.165, 1.54) is 24.8 Å². The topological polar surface area (TPSA) is 0 Å². The SMILES string of the molecule is CC(C)C1=CC(C2(C)CCC(C)(C)C3=C2C=CC3)C=C1. The lowest BCUT2D eigenvalue weighted by molar-refractivity contribution is 0.219. The van der Waals surface area contributed by atoms with Crippen molar-refractivity contribution in [2.75, 3.05) is 0 Å². The highest BCUT2D eigenvalue weighted by Crippen LogP contribution is 2.57. The molecule has 3 aliphatic carbocycles. The maximum Gasteiger partial charge on any atom is 0.00500 e. The molecule has 0 heterocycles. The van der Waals surface area contributed by atoms with Gasteiger partial charge in [0, 0.05) is 11.3 Å². The van der Waals surface area contributed by atoms with Gasteiger partial charge in [-0.2, -0.15) is 0 Å². The molecular weight excluding hydrogens is 240 g/mol. The molecule has 0 amide bonds. The Morgan fingerprint density at radius 3 is 2.50 bits per heavy atom. The molecule has 3 rings (SSSR count). The molecule has 0 aliphatic heterocycles. The first kappa shape index (κ1) is 13.9. The van der Waals surface area contributed by atoms with Crippen LogP contribution in [0.5, 0.6) is 0 Å². The fourth-order valence-electron chi connectivity index (χ4n) is 4.20. The molecule has 108 valence electrons. The number of rotatable bonds is 2. The molecule has 0 nitrogen and oxygen atoms in total. The third kappa shape index (κ3) is 1.96. The predicted molar refractivity (Wildman–Crippen MR) is 87.5 cm³/mol. The van der Waals surface area contributed by atoms with Crippen LogP contribution in [0.2, 0.25) is 0 Å². The van der Waals surface area contributed by atoms with Crippen molar-refractivity contribution < 1.29 is 0 Å². The van der Waals surface area contributed by atoms with Crippen LogP contribution in [0.3, 0.4) is 0 Å². The predicted octanol–water partition coefficient (Wildman–Crippen LogP) is 5.84. The number of hydrogen-bond acceptors (Lipinski definition) is 0. The molecule has 0 spiro atoms. The van der Waals surface area contributed by atoms with Crippen LogP contribution in [0.15, 0.2) is 47.1 Å². The van der Waals surface area contributed by atoms with Gasteiger partial charge >= 0.3 is 0 Å². The minimum atomic E-state index is 0.311. The zero-order valence-corrected chi connectivity index (χ0v) is 13.7. The Morgan fingerprint density at radius 1 is 1.10 bits per heavy atom. The highest BCUT2D eigenvalue weighted by Gasteiger charge is 2.45. The molecule has 0 saturated heterocycles. The van der Waals surface area contributed by atoms with Gasteiger partial charge in [0.05, 0.1) is 0 Å². The van der Waals surface area contributed by atoms with E-state index in [1.54, 1.807) is 11.1 Å². The van der Waals surface area contributed by atoms with Crippen molar-refractivity contribution in [2.24, 2.45) is 22.7 Å². The highest BCUT2D eigenvalue weighted by molar-refractivity contribution is 5.47. The van der Waals surface area contributed by atoms with Crippen molar-refractivity contribution in [1.82, 2.24) is 0 Å². The first-order valence-electron chi connectivity index (χ1n) is 8.15. The monoisotopic (exact) mass is 268 g/mol. The normalized spacial score (nSPS) is 34.9. The minimum Gasteiger partial charge on any atom is -0.0801 e. The summed E-state index contributed by atoms with van der Waals surface area (Å²) >= 11 is 0. The fourth-order valence-corrected chi connectivity index (χ4v) is 4.20. The maximum atomic E-state index is 2.53. The minimum absolute atomic E-state index is 0.311. The standard InChI is InChI=1S/C20H28/c1-14(2)15-9-10-16(13-15)20(5)12-11-19(3,4)17-7-6-8-18(17)20/h6,8-10,13-14,16H,7,11-12H2,1-5H3. The summed E-state index contributed by atoms with van der Waals surface area (Å²) in [6.07, 6.45) is 15.9. The molecule has 0 saturated carbocycles. The lowest BCUT2D eigenvalue weighted by atomic mass is 9.59. The third-order valence-electron chi connectivity index (χ3n) is 5.90. The second-order valence-corrected chi connectivity index (χ2v) is 8.01. The van der Waals surface area contributed by atoms with Crippen LogP contribution in [-0.2, 0) is 0 Å². The fraction of sp³-hybridized carbons (Fsp3) is 0.600. The molecule has 0 N–H and O–H groups in total. The van der Waals surface area contributed by atoms with Crippen LogP contribution >= 0.6 is 0 Å². The van der Waals surface area contributed by atoms with Gasteiger partial charge in [-0.1, -0.05) is 70.6 Å². The van der Waals surface area contributed by atoms with Gasteiger partial charge in [-0.3, -0.25) is 0 Å². The molecule has 2 atom stereocenters. The van der Waals surface area contributed by atoms with E-state index in [0.717, 1.165) is 0 Å². The van der Waals surface area contributed by atoms with Crippen molar-refractivity contribution in [3.63, 3.8) is 0 Å². The zero-order valence-electron chi connectivity index (χ0n) is 13.7. The van der Waals surface area contributed by atoms with Crippen LogP contribution in [0.25, 0.3) is 0 Å². The van der Waals surface area contributed by atoms with Crippen molar-refractivity contribution >= 4 is 0 Å². The van der Waals surface area contributed by atoms with Crippen molar-refractivity contribution in [3.05, 3.63) is 47.1 Å². The van der Waals surface area contributed by atoms with Gasteiger partial charge in [0.25, 0.3) is 0 Å². The Morgan fingerprint density at radius 2 is 1.85 bits per heavy atom. The largest absolute Gasteiger partial charge is 0.0801 e. The summed E-state index contributed by atoms with van der Waals surface area (Å²) in [4.78, 5) is 0. The van der Waals surface area contributed by atoms with E-state index in [-0.39, 0.29) is 0 Å². The van der Waals surface area contributed by atoms with Gasteiger partial charge in [0.1, 0.15) is 0 Å². The molecule has 0 heteroatoms. The molecule has 0 radical (unpaired) electrons. The number of allylic oxidation sites excluding steroid dienone is 8. The Kier molecular flexibility index (Phi) is 3.12. The highest BCUT2D eigenvalue weighted by atomic mass is 14.5. The van der Waals surface area contributed by atoms with Gasteiger partial charge in [-0.25, -0.2) is 0 Å². The van der Waals surface area contributed by atoms with E-state index >= 15 is 0 Å². The molecule has 2 unspecified atom stereocenters. The molecule has 0 aromatic heterocycles.